The number of anilines is 2. The minimum Gasteiger partial charge on any atom is -0.444 e. The Morgan fingerprint density at radius 1 is 1.10 bits per heavy atom. The van der Waals surface area contributed by atoms with Crippen LogP contribution < -0.4 is 15.4 Å². The molecule has 5 rings (SSSR count). The number of nitrogens with zero attached hydrogens (tertiary/aromatic N) is 7. The van der Waals surface area contributed by atoms with Gasteiger partial charge in [0.1, 0.15) is 5.60 Å². The van der Waals surface area contributed by atoms with Crippen LogP contribution in [0.15, 0.2) is 54.0 Å². The lowest BCUT2D eigenvalue weighted by atomic mass is 9.84. The molecule has 3 aromatic rings. The second kappa shape index (κ2) is 12.2. The van der Waals surface area contributed by atoms with E-state index in [9.17, 15) is 9.59 Å². The van der Waals surface area contributed by atoms with Crippen LogP contribution in [0.1, 0.15) is 71.4 Å². The molecule has 0 radical (unpaired) electrons. The summed E-state index contributed by atoms with van der Waals surface area (Å²) in [6.45, 7) is 10.1. The molecule has 0 N–H and O–H groups in total. The summed E-state index contributed by atoms with van der Waals surface area (Å²) in [5.74, 6) is 0.552. The van der Waals surface area contributed by atoms with E-state index >= 15 is 0 Å². The maximum absolute atomic E-state index is 13.4. The van der Waals surface area contributed by atoms with Crippen molar-refractivity contribution < 1.29 is 9.53 Å². The van der Waals surface area contributed by atoms with Crippen LogP contribution in [-0.2, 0) is 4.74 Å². The maximum atomic E-state index is 13.4. The molecule has 1 aliphatic carbocycles. The van der Waals surface area contributed by atoms with Gasteiger partial charge in [-0.15, -0.1) is 0 Å². The van der Waals surface area contributed by atoms with Gasteiger partial charge in [-0.1, -0.05) is 6.42 Å². The first-order valence-corrected chi connectivity index (χ1v) is 15.1. The summed E-state index contributed by atoms with van der Waals surface area (Å²) in [7, 11) is 3.95. The molecule has 0 aromatic carbocycles. The van der Waals surface area contributed by atoms with Gasteiger partial charge in [0.05, 0.1) is 42.0 Å². The predicted octanol–water partition coefficient (Wildman–Crippen LogP) is 5.11. The lowest BCUT2D eigenvalue weighted by Crippen LogP contribution is -2.53. The Morgan fingerprint density at radius 2 is 1.88 bits per heavy atom. The monoisotopic (exact) mass is 575 g/mol. The minimum atomic E-state index is -0.534. The van der Waals surface area contributed by atoms with Crippen molar-refractivity contribution in [1.29, 1.82) is 0 Å². The molecule has 1 unspecified atom stereocenters. The number of amides is 1. The van der Waals surface area contributed by atoms with E-state index in [1.807, 2.05) is 82.3 Å². The number of carbonyl (C=O) groups is 1. The van der Waals surface area contributed by atoms with Gasteiger partial charge in [-0.2, -0.15) is 5.10 Å². The highest BCUT2D eigenvalue weighted by Crippen LogP contribution is 2.31. The molecule has 4 heterocycles. The van der Waals surface area contributed by atoms with Gasteiger partial charge >= 0.3 is 6.09 Å². The van der Waals surface area contributed by atoms with Crippen molar-refractivity contribution in [2.45, 2.75) is 77.5 Å². The normalized spacial score (nSPS) is 18.3. The molecule has 1 saturated heterocycles. The number of hydrogen-bond donors (Lipinski definition) is 0. The molecule has 0 bridgehead atoms. The Morgan fingerprint density at radius 3 is 2.55 bits per heavy atom. The van der Waals surface area contributed by atoms with Gasteiger partial charge in [0.15, 0.2) is 0 Å². The van der Waals surface area contributed by atoms with E-state index < -0.39 is 5.60 Å². The van der Waals surface area contributed by atoms with Crippen LogP contribution in [-0.4, -0.2) is 75.7 Å². The van der Waals surface area contributed by atoms with Gasteiger partial charge in [-0.25, -0.2) is 9.48 Å². The molecule has 2 atom stereocenters. The highest BCUT2D eigenvalue weighted by Gasteiger charge is 2.34. The zero-order chi connectivity index (χ0) is 30.0. The number of aromatic nitrogens is 4. The fourth-order valence-corrected chi connectivity index (χ4v) is 5.73. The minimum absolute atomic E-state index is 0.0573. The van der Waals surface area contributed by atoms with Crippen LogP contribution in [0.5, 0.6) is 0 Å². The van der Waals surface area contributed by atoms with Gasteiger partial charge in [-0.05, 0) is 71.4 Å². The van der Waals surface area contributed by atoms with E-state index in [1.54, 1.807) is 27.7 Å². The first-order valence-electron chi connectivity index (χ1n) is 15.1. The van der Waals surface area contributed by atoms with Crippen molar-refractivity contribution in [1.82, 2.24) is 24.2 Å². The van der Waals surface area contributed by atoms with Crippen molar-refractivity contribution in [2.24, 2.45) is 5.92 Å². The average Bonchev–Trinajstić information content (AvgIpc) is 3.42. The third-order valence-electron chi connectivity index (χ3n) is 8.43. The summed E-state index contributed by atoms with van der Waals surface area (Å²) in [5.41, 5.74) is 3.07. The van der Waals surface area contributed by atoms with Crippen LogP contribution in [0.25, 0.3) is 5.69 Å². The summed E-state index contributed by atoms with van der Waals surface area (Å²) in [5, 5.41) is 4.54. The fraction of sp³-hybridized carbons (Fsp3) is 0.562. The number of piperidine rings is 1. The number of hydrogen-bond acceptors (Lipinski definition) is 7. The predicted molar refractivity (Wildman–Crippen MR) is 166 cm³/mol. The van der Waals surface area contributed by atoms with E-state index in [0.29, 0.717) is 12.5 Å². The topological polar surface area (TPSA) is 88.7 Å². The van der Waals surface area contributed by atoms with Crippen LogP contribution in [0.2, 0.25) is 0 Å². The second-order valence-electron chi connectivity index (χ2n) is 13.0. The molecule has 10 heteroatoms. The zero-order valence-electron chi connectivity index (χ0n) is 25.9. The van der Waals surface area contributed by atoms with E-state index in [2.05, 4.69) is 15.0 Å². The van der Waals surface area contributed by atoms with Crippen molar-refractivity contribution in [3.8, 4) is 5.69 Å². The van der Waals surface area contributed by atoms with Crippen LogP contribution in [0.4, 0.5) is 16.2 Å². The molecule has 226 valence electrons. The van der Waals surface area contributed by atoms with Crippen LogP contribution in [0, 0.1) is 5.92 Å². The first-order chi connectivity index (χ1) is 20.0. The third kappa shape index (κ3) is 6.79. The van der Waals surface area contributed by atoms with Crippen LogP contribution >= 0.6 is 0 Å². The van der Waals surface area contributed by atoms with Gasteiger partial charge < -0.3 is 24.0 Å². The molecule has 1 aliphatic heterocycles. The summed E-state index contributed by atoms with van der Waals surface area (Å²) in [6.07, 6.45) is 14.5. The highest BCUT2D eigenvalue weighted by molar-refractivity contribution is 5.69. The number of carbonyl (C=O) groups excluding carboxylic acids is 1. The lowest BCUT2D eigenvalue weighted by molar-refractivity contribution is 0.00736. The lowest BCUT2D eigenvalue weighted by Gasteiger charge is -2.43. The zero-order valence-corrected chi connectivity index (χ0v) is 25.9. The molecular weight excluding hydrogens is 530 g/mol. The average molecular weight is 576 g/mol. The van der Waals surface area contributed by atoms with Crippen molar-refractivity contribution in [2.75, 3.05) is 43.5 Å². The molecule has 0 spiro atoms. The van der Waals surface area contributed by atoms with Gasteiger partial charge in [0.2, 0.25) is 0 Å². The van der Waals surface area contributed by atoms with Gasteiger partial charge in [-0.3, -0.25) is 9.78 Å². The molecule has 42 heavy (non-hydrogen) atoms. The summed E-state index contributed by atoms with van der Waals surface area (Å²) >= 11 is 0. The number of pyridine rings is 2. The van der Waals surface area contributed by atoms with Crippen molar-refractivity contribution in [3.63, 3.8) is 0 Å². The van der Waals surface area contributed by atoms with E-state index in [1.165, 1.54) is 19.3 Å². The van der Waals surface area contributed by atoms with E-state index in [-0.39, 0.29) is 23.7 Å². The third-order valence-corrected chi connectivity index (χ3v) is 8.43. The Bertz CT molecular complexity index is 1440. The van der Waals surface area contributed by atoms with Crippen LogP contribution in [0.3, 0.4) is 0 Å². The molecule has 1 saturated carbocycles. The molecule has 2 aliphatic rings. The molecule has 3 aromatic heterocycles. The number of ether oxygens (including phenoxy) is 1. The molecule has 1 amide bonds. The summed E-state index contributed by atoms with van der Waals surface area (Å²) in [6, 6.07) is 5.62. The van der Waals surface area contributed by atoms with Gasteiger partial charge in [0, 0.05) is 63.4 Å². The standard InChI is InChI=1S/C32H45N7O3/c1-23(25-17-34-39(21-25)29-15-28(35(5)6)18-33-19-29)37-14-12-26(16-30(37)40)36-13-8-11-27(22-36)38(20-24-9-7-10-24)31(41)42-32(2,3)4/h12,14-19,21,23-24,27H,7-11,13,20,22H2,1-6H3/t23?,27-/m1/s1. The molecule has 10 nitrogen and oxygen atoms in total. The smallest absolute Gasteiger partial charge is 0.410 e. The Labute approximate surface area is 248 Å². The van der Waals surface area contributed by atoms with Crippen molar-refractivity contribution in [3.05, 3.63) is 65.1 Å². The SMILES string of the molecule is CC(c1cnn(-c2cncc(N(C)C)c2)c1)n1ccc(N2CCC[C@@H](N(CC3CCC3)C(=O)OC(C)(C)C)C2)cc1=O. The Hall–Kier alpha value is -3.82. The van der Waals surface area contributed by atoms with E-state index in [4.69, 9.17) is 4.74 Å². The van der Waals surface area contributed by atoms with Crippen molar-refractivity contribution >= 4 is 17.5 Å². The summed E-state index contributed by atoms with van der Waals surface area (Å²) < 4.78 is 9.35. The maximum Gasteiger partial charge on any atom is 0.410 e. The largest absolute Gasteiger partial charge is 0.444 e. The number of rotatable bonds is 8. The van der Waals surface area contributed by atoms with Gasteiger partial charge in [0.25, 0.3) is 5.56 Å². The Kier molecular flexibility index (Phi) is 8.61. The Balaban J connectivity index is 1.30. The first kappa shape index (κ1) is 29.7. The molecular formula is C32H45N7O3. The quantitative estimate of drug-likeness (QED) is 0.369. The molecule has 2 fully saturated rings. The summed E-state index contributed by atoms with van der Waals surface area (Å²) in [4.78, 5) is 37.2. The second-order valence-corrected chi connectivity index (χ2v) is 13.0. The highest BCUT2D eigenvalue weighted by atomic mass is 16.6. The van der Waals surface area contributed by atoms with E-state index in [0.717, 1.165) is 48.6 Å². The fourth-order valence-electron chi connectivity index (χ4n) is 5.73.